The van der Waals surface area contributed by atoms with E-state index >= 15 is 0 Å². The summed E-state index contributed by atoms with van der Waals surface area (Å²) in [7, 11) is 1.54. The highest BCUT2D eigenvalue weighted by atomic mass is 79.9. The van der Waals surface area contributed by atoms with Gasteiger partial charge in [-0.1, -0.05) is 0 Å². The summed E-state index contributed by atoms with van der Waals surface area (Å²) in [4.78, 5) is 24.8. The number of urea groups is 1. The van der Waals surface area contributed by atoms with Gasteiger partial charge in [-0.3, -0.25) is 0 Å². The van der Waals surface area contributed by atoms with E-state index in [1.165, 1.54) is 23.8 Å². The van der Waals surface area contributed by atoms with Crippen LogP contribution in [0, 0.1) is 0 Å². The molecular formula is C13H15BrN2O4S. The zero-order valence-corrected chi connectivity index (χ0v) is 13.7. The molecule has 1 heterocycles. The summed E-state index contributed by atoms with van der Waals surface area (Å²) >= 11 is 4.87. The number of anilines is 1. The van der Waals surface area contributed by atoms with Gasteiger partial charge in [0.05, 0.1) is 11.6 Å². The lowest BCUT2D eigenvalue weighted by molar-refractivity contribution is -0.141. The first-order valence-electron chi connectivity index (χ1n) is 6.24. The van der Waals surface area contributed by atoms with Crippen molar-refractivity contribution in [3.63, 3.8) is 0 Å². The molecule has 2 rings (SSSR count). The van der Waals surface area contributed by atoms with Crippen LogP contribution >= 0.6 is 27.7 Å². The van der Waals surface area contributed by atoms with Gasteiger partial charge in [-0.05, 0) is 28.1 Å². The van der Waals surface area contributed by atoms with Crippen molar-refractivity contribution in [3.05, 3.63) is 22.7 Å². The van der Waals surface area contributed by atoms with Crippen molar-refractivity contribution in [2.24, 2.45) is 0 Å². The number of nitrogens with one attached hydrogen (secondary N) is 1. The predicted molar refractivity (Wildman–Crippen MR) is 85.2 cm³/mol. The number of amides is 2. The Morgan fingerprint density at radius 3 is 2.95 bits per heavy atom. The number of thioether (sulfide) groups is 1. The van der Waals surface area contributed by atoms with Crippen molar-refractivity contribution in [1.82, 2.24) is 4.90 Å². The standard InChI is InChI=1S/C13H15BrN2O4S/c1-20-11-6-8(2-3-9(11)14)15-13(19)16-4-5-21-7-10(16)12(17)18/h2-3,6,10H,4-5,7H2,1H3,(H,15,19)(H,17,18). The molecule has 0 bridgehead atoms. The molecule has 2 amide bonds. The van der Waals surface area contributed by atoms with Crippen LogP contribution in [0.4, 0.5) is 10.5 Å². The Kier molecular flexibility index (Phi) is 5.35. The minimum absolute atomic E-state index is 0.409. The maximum absolute atomic E-state index is 12.3. The van der Waals surface area contributed by atoms with Crippen molar-refractivity contribution in [2.45, 2.75) is 6.04 Å². The molecule has 0 radical (unpaired) electrons. The van der Waals surface area contributed by atoms with Crippen LogP contribution in [0.2, 0.25) is 0 Å². The number of nitrogens with zero attached hydrogens (tertiary/aromatic N) is 1. The molecule has 8 heteroatoms. The zero-order chi connectivity index (χ0) is 15.4. The van der Waals surface area contributed by atoms with Crippen LogP contribution < -0.4 is 10.1 Å². The van der Waals surface area contributed by atoms with Crippen molar-refractivity contribution in [2.75, 3.05) is 30.5 Å². The largest absolute Gasteiger partial charge is 0.495 e. The lowest BCUT2D eigenvalue weighted by atomic mass is 10.2. The SMILES string of the molecule is COc1cc(NC(=O)N2CCSCC2C(=O)O)ccc1Br. The van der Waals surface area contributed by atoms with E-state index in [0.717, 1.165) is 10.2 Å². The number of carbonyl (C=O) groups is 2. The summed E-state index contributed by atoms with van der Waals surface area (Å²) in [6, 6.07) is 3.96. The van der Waals surface area contributed by atoms with E-state index in [1.54, 1.807) is 18.2 Å². The molecule has 1 atom stereocenters. The van der Waals surface area contributed by atoms with Crippen LogP contribution in [-0.2, 0) is 4.79 Å². The molecule has 1 fully saturated rings. The van der Waals surface area contributed by atoms with E-state index in [4.69, 9.17) is 4.74 Å². The number of carboxylic acid groups (broad SMARTS) is 1. The lowest BCUT2D eigenvalue weighted by Crippen LogP contribution is -2.51. The van der Waals surface area contributed by atoms with E-state index in [0.29, 0.717) is 23.7 Å². The maximum Gasteiger partial charge on any atom is 0.327 e. The lowest BCUT2D eigenvalue weighted by Gasteiger charge is -2.32. The van der Waals surface area contributed by atoms with Crippen molar-refractivity contribution >= 4 is 45.4 Å². The molecule has 0 aliphatic carbocycles. The summed E-state index contributed by atoms with van der Waals surface area (Å²) in [5.41, 5.74) is 0.558. The molecule has 21 heavy (non-hydrogen) atoms. The molecule has 1 unspecified atom stereocenters. The first kappa shape index (κ1) is 16.0. The molecule has 114 valence electrons. The molecule has 1 aromatic rings. The molecule has 1 aliphatic rings. The Morgan fingerprint density at radius 2 is 2.29 bits per heavy atom. The van der Waals surface area contributed by atoms with Gasteiger partial charge < -0.3 is 20.1 Å². The van der Waals surface area contributed by atoms with Crippen LogP contribution in [0.1, 0.15) is 0 Å². The first-order chi connectivity index (χ1) is 10.0. The van der Waals surface area contributed by atoms with E-state index in [1.807, 2.05) is 0 Å². The normalized spacial score (nSPS) is 18.2. The third-order valence-corrected chi connectivity index (χ3v) is 4.75. The zero-order valence-electron chi connectivity index (χ0n) is 11.3. The number of rotatable bonds is 3. The molecule has 6 nitrogen and oxygen atoms in total. The molecule has 1 saturated heterocycles. The second-order valence-corrected chi connectivity index (χ2v) is 6.41. The van der Waals surface area contributed by atoms with E-state index in [9.17, 15) is 14.7 Å². The summed E-state index contributed by atoms with van der Waals surface area (Å²) in [5, 5.41) is 11.9. The number of benzene rings is 1. The van der Waals surface area contributed by atoms with Gasteiger partial charge in [0.2, 0.25) is 0 Å². The quantitative estimate of drug-likeness (QED) is 0.849. The van der Waals surface area contributed by atoms with E-state index in [-0.39, 0.29) is 0 Å². The Bertz CT molecular complexity index is 555. The fourth-order valence-electron chi connectivity index (χ4n) is 1.98. The molecule has 1 aliphatic heterocycles. The number of methoxy groups -OCH3 is 1. The Morgan fingerprint density at radius 1 is 1.52 bits per heavy atom. The maximum atomic E-state index is 12.3. The first-order valence-corrected chi connectivity index (χ1v) is 8.19. The van der Waals surface area contributed by atoms with Gasteiger partial charge in [0.25, 0.3) is 0 Å². The average Bonchev–Trinajstić information content (AvgIpc) is 2.49. The number of aliphatic carboxylic acids is 1. The number of hydrogen-bond acceptors (Lipinski definition) is 4. The van der Waals surface area contributed by atoms with Gasteiger partial charge in [0.15, 0.2) is 0 Å². The molecule has 0 spiro atoms. The summed E-state index contributed by atoms with van der Waals surface area (Å²) in [6.07, 6.45) is 0. The third kappa shape index (κ3) is 3.82. The van der Waals surface area contributed by atoms with Gasteiger partial charge in [-0.2, -0.15) is 11.8 Å². The minimum Gasteiger partial charge on any atom is -0.495 e. The molecule has 0 aromatic heterocycles. The topological polar surface area (TPSA) is 78.9 Å². The van der Waals surface area contributed by atoms with Crippen LogP contribution in [0.25, 0.3) is 0 Å². The Hall–Kier alpha value is -1.41. The highest BCUT2D eigenvalue weighted by Crippen LogP contribution is 2.28. The Balaban J connectivity index is 2.11. The van der Waals surface area contributed by atoms with Crippen LogP contribution in [0.5, 0.6) is 5.75 Å². The number of hydrogen-bond donors (Lipinski definition) is 2. The monoisotopic (exact) mass is 374 g/mol. The second-order valence-electron chi connectivity index (χ2n) is 4.40. The smallest absolute Gasteiger partial charge is 0.327 e. The highest BCUT2D eigenvalue weighted by Gasteiger charge is 2.32. The Labute approximate surface area is 135 Å². The van der Waals surface area contributed by atoms with Crippen LogP contribution in [-0.4, -0.2) is 53.2 Å². The minimum atomic E-state index is -0.981. The van der Waals surface area contributed by atoms with E-state index < -0.39 is 18.0 Å². The van der Waals surface area contributed by atoms with Gasteiger partial charge in [0, 0.05) is 29.8 Å². The van der Waals surface area contributed by atoms with Gasteiger partial charge in [0.1, 0.15) is 11.8 Å². The fraction of sp³-hybridized carbons (Fsp3) is 0.385. The van der Waals surface area contributed by atoms with Crippen molar-refractivity contribution < 1.29 is 19.4 Å². The van der Waals surface area contributed by atoms with Gasteiger partial charge in [-0.15, -0.1) is 0 Å². The van der Waals surface area contributed by atoms with Crippen LogP contribution in [0.15, 0.2) is 22.7 Å². The van der Waals surface area contributed by atoms with Crippen molar-refractivity contribution in [3.8, 4) is 5.75 Å². The number of ether oxygens (including phenoxy) is 1. The number of carbonyl (C=O) groups excluding carboxylic acids is 1. The van der Waals surface area contributed by atoms with E-state index in [2.05, 4.69) is 21.2 Å². The molecular weight excluding hydrogens is 360 g/mol. The third-order valence-electron chi connectivity index (χ3n) is 3.08. The van der Waals surface area contributed by atoms with Gasteiger partial charge >= 0.3 is 12.0 Å². The number of halogens is 1. The molecule has 2 N–H and O–H groups in total. The molecule has 0 saturated carbocycles. The fourth-order valence-corrected chi connectivity index (χ4v) is 3.43. The summed E-state index contributed by atoms with van der Waals surface area (Å²) in [6.45, 7) is 0.418. The second kappa shape index (κ2) is 7.04. The number of carboxylic acids is 1. The van der Waals surface area contributed by atoms with Crippen molar-refractivity contribution in [1.29, 1.82) is 0 Å². The van der Waals surface area contributed by atoms with Crippen LogP contribution in [0.3, 0.4) is 0 Å². The summed E-state index contributed by atoms with van der Waals surface area (Å²) in [5.74, 6) is 0.760. The van der Waals surface area contributed by atoms with Gasteiger partial charge in [-0.25, -0.2) is 9.59 Å². The highest BCUT2D eigenvalue weighted by molar-refractivity contribution is 9.10. The summed E-state index contributed by atoms with van der Waals surface area (Å²) < 4.78 is 5.94. The molecule has 1 aromatic carbocycles. The average molecular weight is 375 g/mol. The predicted octanol–water partition coefficient (Wildman–Crippen LogP) is 2.49.